The number of rotatable bonds is 1. The number of hydrogen-bond donors (Lipinski definition) is 1. The molecule has 1 radical (unpaired) electrons. The Morgan fingerprint density at radius 3 is 1.60 bits per heavy atom. The molecule has 0 fully saturated rings. The Hall–Kier alpha value is 0.350. The molecule has 1 heteroatoms. The molecule has 33 valence electrons. The van der Waals surface area contributed by atoms with Gasteiger partial charge in [0.05, 0.1) is 0 Å². The molecule has 0 unspecified atom stereocenters. The van der Waals surface area contributed by atoms with Gasteiger partial charge in [-0.3, -0.25) is 10.9 Å². The van der Waals surface area contributed by atoms with Crippen molar-refractivity contribution in [1.29, 1.82) is 0 Å². The fourth-order valence-electron chi connectivity index (χ4n) is 0. The van der Waals surface area contributed by atoms with Gasteiger partial charge < -0.3 is 0 Å². The smallest absolute Gasteiger partial charge is 0.00696 e. The van der Waals surface area contributed by atoms with Crippen molar-refractivity contribution in [1.82, 2.24) is 0 Å². The highest BCUT2D eigenvalue weighted by Gasteiger charge is 1.73. The van der Waals surface area contributed by atoms with Crippen LogP contribution in [0.1, 0.15) is 6.92 Å². The molecule has 0 heterocycles. The van der Waals surface area contributed by atoms with Gasteiger partial charge in [-0.15, -0.1) is 0 Å². The molecule has 0 bridgehead atoms. The van der Waals surface area contributed by atoms with Crippen molar-refractivity contribution in [3.8, 4) is 0 Å². The fraction of sp³-hybridized carbons (Fsp3) is 0.750. The maximum absolute atomic E-state index is 2.23. The first kappa shape index (κ1) is 5.35. The molecule has 0 N–H and O–H groups in total. The maximum Gasteiger partial charge on any atom is -0.00696 e. The van der Waals surface area contributed by atoms with E-state index in [1.165, 1.54) is 0 Å². The van der Waals surface area contributed by atoms with Gasteiger partial charge in [0, 0.05) is 0 Å². The molecule has 0 atom stereocenters. The van der Waals surface area contributed by atoms with Crippen molar-refractivity contribution in [2.24, 2.45) is 0 Å². The lowest BCUT2D eigenvalue weighted by molar-refractivity contribution is 1.72. The van der Waals surface area contributed by atoms with Gasteiger partial charge in [-0.1, -0.05) is 6.92 Å². The van der Waals surface area contributed by atoms with Crippen LogP contribution in [0.25, 0.3) is 0 Å². The van der Waals surface area contributed by atoms with Gasteiger partial charge in [0.1, 0.15) is 0 Å². The predicted molar refractivity (Wildman–Crippen MR) is 30.8 cm³/mol. The van der Waals surface area contributed by atoms with Crippen LogP contribution in [-0.4, -0.2) is 12.5 Å². The second kappa shape index (κ2) is 2.58. The Morgan fingerprint density at radius 2 is 1.60 bits per heavy atom. The van der Waals surface area contributed by atoms with Crippen molar-refractivity contribution in [3.05, 3.63) is 5.75 Å². The zero-order valence-electron chi connectivity index (χ0n) is 4.02. The van der Waals surface area contributed by atoms with Crippen LogP contribution in [0.4, 0.5) is 0 Å². The summed E-state index contributed by atoms with van der Waals surface area (Å²) in [6.45, 7) is 2.10. The van der Waals surface area contributed by atoms with Crippen molar-refractivity contribution >= 4 is 10.9 Å². The van der Waals surface area contributed by atoms with Crippen molar-refractivity contribution in [2.75, 3.05) is 12.5 Å². The molecule has 0 aromatic carbocycles. The van der Waals surface area contributed by atoms with E-state index in [4.69, 9.17) is 0 Å². The van der Waals surface area contributed by atoms with Gasteiger partial charge in [-0.05, 0) is 18.3 Å². The Morgan fingerprint density at radius 1 is 1.40 bits per heavy atom. The standard InChI is InChI=1S/C4H11S/c1-4-5(2)3/h4-5H,1-3H3. The lowest BCUT2D eigenvalue weighted by Gasteiger charge is -1.98. The first-order valence-corrected chi connectivity index (χ1v) is 4.04. The summed E-state index contributed by atoms with van der Waals surface area (Å²) < 4.78 is 0. The van der Waals surface area contributed by atoms with E-state index in [2.05, 4.69) is 25.2 Å². The van der Waals surface area contributed by atoms with Crippen LogP contribution in [0, 0.1) is 5.75 Å². The van der Waals surface area contributed by atoms with Gasteiger partial charge >= 0.3 is 0 Å². The summed E-state index contributed by atoms with van der Waals surface area (Å²) in [5.74, 6) is 2.23. The molecular formula is C4H11S. The van der Waals surface area contributed by atoms with E-state index in [0.29, 0.717) is 0 Å². The molecule has 0 aliphatic rings. The fourth-order valence-corrected chi connectivity index (χ4v) is 0. The van der Waals surface area contributed by atoms with Crippen LogP contribution in [-0.2, 0) is 0 Å². The molecule has 0 aliphatic carbocycles. The average Bonchev–Trinajstić information content (AvgIpc) is 1.38. The first-order valence-electron chi connectivity index (χ1n) is 1.73. The molecule has 0 spiro atoms. The molecule has 0 rings (SSSR count). The average molecular weight is 91.2 g/mol. The minimum absolute atomic E-state index is 0.277. The van der Waals surface area contributed by atoms with E-state index in [1.54, 1.807) is 0 Å². The molecule has 5 heavy (non-hydrogen) atoms. The van der Waals surface area contributed by atoms with Gasteiger partial charge in [0.2, 0.25) is 0 Å². The van der Waals surface area contributed by atoms with E-state index in [1.807, 2.05) is 0 Å². The Kier molecular flexibility index (Phi) is 2.76. The van der Waals surface area contributed by atoms with Gasteiger partial charge in [-0.25, -0.2) is 0 Å². The van der Waals surface area contributed by atoms with E-state index in [0.717, 1.165) is 0 Å². The lowest BCUT2D eigenvalue weighted by atomic mass is 11.0. The summed E-state index contributed by atoms with van der Waals surface area (Å²) in [5.41, 5.74) is 0. The largest absolute Gasteiger partial charge is 0.256 e. The van der Waals surface area contributed by atoms with Crippen LogP contribution < -0.4 is 0 Å². The summed E-state index contributed by atoms with van der Waals surface area (Å²) in [5, 5.41) is 0. The highest BCUT2D eigenvalue weighted by atomic mass is 32.2. The van der Waals surface area contributed by atoms with E-state index < -0.39 is 0 Å². The summed E-state index contributed by atoms with van der Waals surface area (Å²) in [6.07, 6.45) is 4.46. The number of hydrogen-bond acceptors (Lipinski definition) is 0. The lowest BCUT2D eigenvalue weighted by Crippen LogP contribution is -1.63. The highest BCUT2D eigenvalue weighted by molar-refractivity contribution is 8.17. The zero-order chi connectivity index (χ0) is 4.28. The SMILES string of the molecule is C[CH][SH](C)C. The quantitative estimate of drug-likeness (QED) is 0.464. The Labute approximate surface area is 36.9 Å². The molecule has 0 aromatic heterocycles. The molecular weight excluding hydrogens is 80.1 g/mol. The van der Waals surface area contributed by atoms with Crippen molar-refractivity contribution in [2.45, 2.75) is 6.92 Å². The highest BCUT2D eigenvalue weighted by Crippen LogP contribution is 2.14. The predicted octanol–water partition coefficient (Wildman–Crippen LogP) is 1.43. The second-order valence-corrected chi connectivity index (χ2v) is 3.67. The Balaban J connectivity index is 2.54. The normalized spacial score (nSPS) is 11.4. The van der Waals surface area contributed by atoms with Crippen molar-refractivity contribution in [3.63, 3.8) is 0 Å². The summed E-state index contributed by atoms with van der Waals surface area (Å²) in [6, 6.07) is 0. The van der Waals surface area contributed by atoms with Gasteiger partial charge in [-0.2, -0.15) is 0 Å². The van der Waals surface area contributed by atoms with E-state index in [9.17, 15) is 0 Å². The molecule has 0 saturated heterocycles. The van der Waals surface area contributed by atoms with Crippen LogP contribution in [0.3, 0.4) is 0 Å². The van der Waals surface area contributed by atoms with Crippen molar-refractivity contribution < 1.29 is 0 Å². The minimum Gasteiger partial charge on any atom is -0.256 e. The number of thiol groups is 1. The zero-order valence-corrected chi connectivity index (χ0v) is 4.92. The van der Waals surface area contributed by atoms with Crippen LogP contribution in [0.2, 0.25) is 0 Å². The topological polar surface area (TPSA) is 0 Å². The molecule has 0 saturated carbocycles. The molecule has 0 amide bonds. The monoisotopic (exact) mass is 91.1 g/mol. The maximum atomic E-state index is 2.23. The molecule has 0 aromatic rings. The van der Waals surface area contributed by atoms with Crippen LogP contribution in [0.5, 0.6) is 0 Å². The van der Waals surface area contributed by atoms with E-state index in [-0.39, 0.29) is 10.9 Å². The van der Waals surface area contributed by atoms with Crippen LogP contribution in [0.15, 0.2) is 0 Å². The third-order valence-corrected chi connectivity index (χ3v) is 1.55. The summed E-state index contributed by atoms with van der Waals surface area (Å²) in [4.78, 5) is 0. The molecule has 0 nitrogen and oxygen atoms in total. The molecule has 0 aliphatic heterocycles. The Bertz CT molecular complexity index is 17.6. The van der Waals surface area contributed by atoms with E-state index >= 15 is 0 Å². The minimum atomic E-state index is 0.277. The summed E-state index contributed by atoms with van der Waals surface area (Å²) >= 11 is 0. The second-order valence-electron chi connectivity index (χ2n) is 1.22. The van der Waals surface area contributed by atoms with Crippen LogP contribution >= 0.6 is 10.9 Å². The summed E-state index contributed by atoms with van der Waals surface area (Å²) in [7, 11) is 0.277. The van der Waals surface area contributed by atoms with Gasteiger partial charge in [0.25, 0.3) is 0 Å². The third kappa shape index (κ3) is 4.35. The third-order valence-electron chi connectivity index (χ3n) is 0.516. The first-order chi connectivity index (χ1) is 2.27. The van der Waals surface area contributed by atoms with Gasteiger partial charge in [0.15, 0.2) is 0 Å².